The molecule has 3 fully saturated rings. The molecule has 0 aromatic rings. The van der Waals surface area contributed by atoms with E-state index < -0.39 is 5.54 Å². The van der Waals surface area contributed by atoms with Gasteiger partial charge in [0.15, 0.2) is 0 Å². The minimum absolute atomic E-state index is 0.161. The van der Waals surface area contributed by atoms with Crippen LogP contribution in [0.25, 0.3) is 0 Å². The molecule has 0 spiro atoms. The lowest BCUT2D eigenvalue weighted by Crippen LogP contribution is -2.66. The van der Waals surface area contributed by atoms with Gasteiger partial charge >= 0.3 is 0 Å². The summed E-state index contributed by atoms with van der Waals surface area (Å²) in [5.41, 5.74) is 5.35. The lowest BCUT2D eigenvalue weighted by atomic mass is 9.89. The van der Waals surface area contributed by atoms with Crippen LogP contribution in [0.2, 0.25) is 0 Å². The third-order valence-corrected chi connectivity index (χ3v) is 5.26. The standard InChI is InChI=1S/C16H29N3O2/c1-3-14-9-21-11(2)8-19(14)10-16(15(17)20,12-4-5-12)18-13-6-7-13/h11-14,18H,3-10H2,1-2H3,(H2,17,20). The van der Waals surface area contributed by atoms with Gasteiger partial charge in [-0.25, -0.2) is 0 Å². The number of carbonyl (C=O) groups is 1. The number of amides is 1. The smallest absolute Gasteiger partial charge is 0.239 e. The fraction of sp³-hybridized carbons (Fsp3) is 0.938. The van der Waals surface area contributed by atoms with Gasteiger partial charge < -0.3 is 10.5 Å². The molecule has 120 valence electrons. The molecule has 0 bridgehead atoms. The van der Waals surface area contributed by atoms with Gasteiger partial charge in [0.25, 0.3) is 0 Å². The number of morpholine rings is 1. The molecule has 1 amide bonds. The molecule has 5 nitrogen and oxygen atoms in total. The van der Waals surface area contributed by atoms with E-state index in [4.69, 9.17) is 10.5 Å². The molecule has 5 heteroatoms. The number of carbonyl (C=O) groups excluding carboxylic acids is 1. The van der Waals surface area contributed by atoms with Gasteiger partial charge in [0.2, 0.25) is 5.91 Å². The summed E-state index contributed by atoms with van der Waals surface area (Å²) in [5.74, 6) is 0.261. The van der Waals surface area contributed by atoms with Crippen LogP contribution < -0.4 is 11.1 Å². The molecule has 0 aromatic carbocycles. The molecule has 2 saturated carbocycles. The average Bonchev–Trinajstić information content (AvgIpc) is 3.31. The predicted molar refractivity (Wildman–Crippen MR) is 81.9 cm³/mol. The van der Waals surface area contributed by atoms with Gasteiger partial charge in [-0.15, -0.1) is 0 Å². The third kappa shape index (κ3) is 3.25. The van der Waals surface area contributed by atoms with Crippen LogP contribution in [0.4, 0.5) is 0 Å². The zero-order valence-corrected chi connectivity index (χ0v) is 13.3. The highest BCUT2D eigenvalue weighted by atomic mass is 16.5. The van der Waals surface area contributed by atoms with E-state index in [1.807, 2.05) is 0 Å². The van der Waals surface area contributed by atoms with Crippen LogP contribution in [0.1, 0.15) is 46.0 Å². The van der Waals surface area contributed by atoms with Crippen molar-refractivity contribution in [1.82, 2.24) is 10.2 Å². The fourth-order valence-corrected chi connectivity index (χ4v) is 3.61. The van der Waals surface area contributed by atoms with Crippen LogP contribution in [0, 0.1) is 5.92 Å². The van der Waals surface area contributed by atoms with Gasteiger partial charge in [-0.3, -0.25) is 15.0 Å². The number of nitrogens with two attached hydrogens (primary N) is 1. The summed E-state index contributed by atoms with van der Waals surface area (Å²) in [7, 11) is 0. The molecule has 3 N–H and O–H groups in total. The summed E-state index contributed by atoms with van der Waals surface area (Å²) in [6.45, 7) is 6.70. The largest absolute Gasteiger partial charge is 0.376 e. The van der Waals surface area contributed by atoms with Crippen LogP contribution in [0.3, 0.4) is 0 Å². The molecule has 0 aromatic heterocycles. The highest BCUT2D eigenvalue weighted by molar-refractivity contribution is 5.86. The molecule has 21 heavy (non-hydrogen) atoms. The summed E-state index contributed by atoms with van der Waals surface area (Å²) >= 11 is 0. The van der Waals surface area contributed by atoms with Gasteiger partial charge in [0.1, 0.15) is 5.54 Å². The van der Waals surface area contributed by atoms with Gasteiger partial charge in [-0.05, 0) is 44.9 Å². The van der Waals surface area contributed by atoms with Crippen LogP contribution in [-0.4, -0.2) is 54.2 Å². The van der Waals surface area contributed by atoms with Crippen molar-refractivity contribution in [2.24, 2.45) is 11.7 Å². The van der Waals surface area contributed by atoms with Crippen molar-refractivity contribution in [3.63, 3.8) is 0 Å². The molecule has 2 aliphatic carbocycles. The number of hydrogen-bond donors (Lipinski definition) is 2. The number of nitrogens with one attached hydrogen (secondary N) is 1. The Morgan fingerprint density at radius 3 is 2.62 bits per heavy atom. The maximum absolute atomic E-state index is 12.3. The highest BCUT2D eigenvalue weighted by Crippen LogP contribution is 2.42. The van der Waals surface area contributed by atoms with Gasteiger partial charge in [-0.1, -0.05) is 6.92 Å². The monoisotopic (exact) mass is 295 g/mol. The van der Waals surface area contributed by atoms with Crippen molar-refractivity contribution >= 4 is 5.91 Å². The van der Waals surface area contributed by atoms with Crippen molar-refractivity contribution in [2.45, 2.75) is 69.7 Å². The lowest BCUT2D eigenvalue weighted by molar-refractivity contribution is -0.129. The minimum atomic E-state index is -0.522. The second-order valence-electron chi connectivity index (χ2n) is 7.16. The second-order valence-corrected chi connectivity index (χ2v) is 7.16. The normalized spacial score (nSPS) is 33.6. The van der Waals surface area contributed by atoms with E-state index in [9.17, 15) is 4.79 Å². The highest BCUT2D eigenvalue weighted by Gasteiger charge is 2.53. The Morgan fingerprint density at radius 2 is 2.10 bits per heavy atom. The number of primary amides is 1. The molecular weight excluding hydrogens is 266 g/mol. The zero-order chi connectivity index (χ0) is 15.0. The Labute approximate surface area is 127 Å². The molecule has 0 radical (unpaired) electrons. The van der Waals surface area contributed by atoms with Crippen LogP contribution in [-0.2, 0) is 9.53 Å². The molecule has 3 atom stereocenters. The third-order valence-electron chi connectivity index (χ3n) is 5.26. The minimum Gasteiger partial charge on any atom is -0.376 e. The van der Waals surface area contributed by atoms with Crippen molar-refractivity contribution in [2.75, 3.05) is 19.7 Å². The molecule has 3 unspecified atom stereocenters. The summed E-state index contributed by atoms with van der Waals surface area (Å²) in [6, 6.07) is 0.899. The Hall–Kier alpha value is -0.650. The van der Waals surface area contributed by atoms with Crippen molar-refractivity contribution in [3.05, 3.63) is 0 Å². The number of nitrogens with zero attached hydrogens (tertiary/aromatic N) is 1. The molecular formula is C16H29N3O2. The van der Waals surface area contributed by atoms with Crippen molar-refractivity contribution in [3.8, 4) is 0 Å². The zero-order valence-electron chi connectivity index (χ0n) is 13.3. The SMILES string of the molecule is CCC1COC(C)CN1CC(NC1CC1)(C(N)=O)C1CC1. The topological polar surface area (TPSA) is 67.6 Å². The van der Waals surface area contributed by atoms with Gasteiger partial charge in [0.05, 0.1) is 12.7 Å². The Balaban J connectivity index is 1.77. The average molecular weight is 295 g/mol. The van der Waals surface area contributed by atoms with E-state index >= 15 is 0 Å². The second kappa shape index (κ2) is 5.86. The van der Waals surface area contributed by atoms with E-state index in [0.717, 1.165) is 39.0 Å². The quantitative estimate of drug-likeness (QED) is 0.731. The molecule has 3 rings (SSSR count). The van der Waals surface area contributed by atoms with E-state index in [0.29, 0.717) is 18.0 Å². The molecule has 1 heterocycles. The summed E-state index contributed by atoms with van der Waals surface area (Å²) in [5, 5.41) is 3.62. The first-order valence-corrected chi connectivity index (χ1v) is 8.48. The number of hydrogen-bond acceptors (Lipinski definition) is 4. The molecule has 3 aliphatic rings. The van der Waals surface area contributed by atoms with Crippen LogP contribution in [0.5, 0.6) is 0 Å². The summed E-state index contributed by atoms with van der Waals surface area (Å²) in [6.07, 6.45) is 5.89. The van der Waals surface area contributed by atoms with E-state index in [2.05, 4.69) is 24.1 Å². The first-order chi connectivity index (χ1) is 10.0. The molecule has 1 aliphatic heterocycles. The fourth-order valence-electron chi connectivity index (χ4n) is 3.61. The summed E-state index contributed by atoms with van der Waals surface area (Å²) < 4.78 is 5.78. The van der Waals surface area contributed by atoms with E-state index in [-0.39, 0.29) is 12.0 Å². The Morgan fingerprint density at radius 1 is 1.38 bits per heavy atom. The maximum Gasteiger partial charge on any atom is 0.239 e. The predicted octanol–water partition coefficient (Wildman–Crippen LogP) is 0.872. The van der Waals surface area contributed by atoms with Gasteiger partial charge in [-0.2, -0.15) is 0 Å². The Kier molecular flexibility index (Phi) is 4.26. The Bertz CT molecular complexity index is 395. The van der Waals surface area contributed by atoms with E-state index in [1.165, 1.54) is 12.8 Å². The van der Waals surface area contributed by atoms with E-state index in [1.54, 1.807) is 0 Å². The van der Waals surface area contributed by atoms with Crippen molar-refractivity contribution < 1.29 is 9.53 Å². The molecule has 1 saturated heterocycles. The number of ether oxygens (including phenoxy) is 1. The van der Waals surface area contributed by atoms with Crippen molar-refractivity contribution in [1.29, 1.82) is 0 Å². The number of rotatable bonds is 7. The first-order valence-electron chi connectivity index (χ1n) is 8.48. The van der Waals surface area contributed by atoms with Crippen LogP contribution >= 0.6 is 0 Å². The lowest BCUT2D eigenvalue weighted by Gasteiger charge is -2.44. The summed E-state index contributed by atoms with van der Waals surface area (Å²) in [4.78, 5) is 14.8. The van der Waals surface area contributed by atoms with Crippen LogP contribution in [0.15, 0.2) is 0 Å². The first kappa shape index (κ1) is 15.3. The maximum atomic E-state index is 12.3. The van der Waals surface area contributed by atoms with Gasteiger partial charge in [0, 0.05) is 25.2 Å².